The quantitative estimate of drug-likeness (QED) is 0.707. The van der Waals surface area contributed by atoms with Crippen molar-refractivity contribution in [2.24, 2.45) is 0 Å². The SMILES string of the molecule is C=C(CC)N(C)C(=O)CN1CCCCC1. The number of carbonyl (C=O) groups is 1. The highest BCUT2D eigenvalue weighted by Crippen LogP contribution is 2.10. The van der Waals surface area contributed by atoms with Crippen LogP contribution < -0.4 is 0 Å². The average Bonchev–Trinajstić information content (AvgIpc) is 2.28. The molecule has 1 aliphatic rings. The predicted molar refractivity (Wildman–Crippen MR) is 62.5 cm³/mol. The summed E-state index contributed by atoms with van der Waals surface area (Å²) in [6.45, 7) is 8.58. The van der Waals surface area contributed by atoms with E-state index in [1.807, 2.05) is 14.0 Å². The lowest BCUT2D eigenvalue weighted by atomic mass is 10.1. The third kappa shape index (κ3) is 3.67. The molecule has 1 heterocycles. The van der Waals surface area contributed by atoms with Gasteiger partial charge in [0.15, 0.2) is 0 Å². The summed E-state index contributed by atoms with van der Waals surface area (Å²) >= 11 is 0. The van der Waals surface area contributed by atoms with Crippen LogP contribution in [0.15, 0.2) is 12.3 Å². The summed E-state index contributed by atoms with van der Waals surface area (Å²) < 4.78 is 0. The maximum Gasteiger partial charge on any atom is 0.240 e. The van der Waals surface area contributed by atoms with E-state index < -0.39 is 0 Å². The highest BCUT2D eigenvalue weighted by Gasteiger charge is 2.17. The first-order valence-corrected chi connectivity index (χ1v) is 5.82. The molecule has 0 unspecified atom stereocenters. The van der Waals surface area contributed by atoms with E-state index in [1.165, 1.54) is 19.3 Å². The molecule has 0 aromatic heterocycles. The van der Waals surface area contributed by atoms with Gasteiger partial charge < -0.3 is 4.90 Å². The van der Waals surface area contributed by atoms with Gasteiger partial charge in [0.1, 0.15) is 0 Å². The second-order valence-corrected chi connectivity index (χ2v) is 4.21. The highest BCUT2D eigenvalue weighted by atomic mass is 16.2. The van der Waals surface area contributed by atoms with Gasteiger partial charge in [-0.1, -0.05) is 19.9 Å². The van der Waals surface area contributed by atoms with Crippen molar-refractivity contribution in [2.45, 2.75) is 32.6 Å². The van der Waals surface area contributed by atoms with Crippen LogP contribution in [0.5, 0.6) is 0 Å². The normalized spacial score (nSPS) is 17.5. The Labute approximate surface area is 92.7 Å². The minimum atomic E-state index is 0.170. The molecule has 0 bridgehead atoms. The molecule has 0 atom stereocenters. The van der Waals surface area contributed by atoms with Gasteiger partial charge in [0.2, 0.25) is 5.91 Å². The van der Waals surface area contributed by atoms with Crippen LogP contribution in [0.1, 0.15) is 32.6 Å². The highest BCUT2D eigenvalue weighted by molar-refractivity contribution is 5.79. The van der Waals surface area contributed by atoms with Gasteiger partial charge in [0.05, 0.1) is 6.54 Å². The van der Waals surface area contributed by atoms with Gasteiger partial charge >= 0.3 is 0 Å². The van der Waals surface area contributed by atoms with Crippen molar-refractivity contribution in [1.29, 1.82) is 0 Å². The van der Waals surface area contributed by atoms with E-state index in [0.29, 0.717) is 6.54 Å². The van der Waals surface area contributed by atoms with E-state index in [9.17, 15) is 4.79 Å². The van der Waals surface area contributed by atoms with Gasteiger partial charge in [-0.2, -0.15) is 0 Å². The lowest BCUT2D eigenvalue weighted by molar-refractivity contribution is -0.129. The van der Waals surface area contributed by atoms with Gasteiger partial charge in [0, 0.05) is 12.7 Å². The summed E-state index contributed by atoms with van der Waals surface area (Å²) in [4.78, 5) is 15.8. The first-order valence-electron chi connectivity index (χ1n) is 5.82. The van der Waals surface area contributed by atoms with E-state index in [2.05, 4.69) is 11.5 Å². The minimum absolute atomic E-state index is 0.170. The molecule has 1 aliphatic heterocycles. The first kappa shape index (κ1) is 12.2. The lowest BCUT2D eigenvalue weighted by Gasteiger charge is -2.28. The smallest absolute Gasteiger partial charge is 0.240 e. The minimum Gasteiger partial charge on any atom is -0.319 e. The predicted octanol–water partition coefficient (Wildman–Crippen LogP) is 1.85. The lowest BCUT2D eigenvalue weighted by Crippen LogP contribution is -2.40. The number of likely N-dealkylation sites (tertiary alicyclic amines) is 1. The van der Waals surface area contributed by atoms with Crippen molar-refractivity contribution in [3.8, 4) is 0 Å². The summed E-state index contributed by atoms with van der Waals surface area (Å²) in [5.74, 6) is 0.170. The maximum atomic E-state index is 11.8. The second-order valence-electron chi connectivity index (χ2n) is 4.21. The van der Waals surface area contributed by atoms with E-state index in [-0.39, 0.29) is 5.91 Å². The topological polar surface area (TPSA) is 23.6 Å². The number of carbonyl (C=O) groups excluding carboxylic acids is 1. The number of likely N-dealkylation sites (N-methyl/N-ethyl adjacent to an activating group) is 1. The number of allylic oxidation sites excluding steroid dienone is 1. The first-order chi connectivity index (χ1) is 7.15. The number of amides is 1. The van der Waals surface area contributed by atoms with Crippen LogP contribution in [0.2, 0.25) is 0 Å². The molecule has 3 nitrogen and oxygen atoms in total. The van der Waals surface area contributed by atoms with Crippen LogP contribution in [-0.2, 0) is 4.79 Å². The summed E-state index contributed by atoms with van der Waals surface area (Å²) in [5.41, 5.74) is 0.900. The zero-order valence-electron chi connectivity index (χ0n) is 9.96. The summed E-state index contributed by atoms with van der Waals surface area (Å²) in [6.07, 6.45) is 4.60. The largest absolute Gasteiger partial charge is 0.319 e. The van der Waals surface area contributed by atoms with Crippen molar-refractivity contribution in [2.75, 3.05) is 26.7 Å². The number of hydrogen-bond donors (Lipinski definition) is 0. The Balaban J connectivity index is 2.36. The van der Waals surface area contributed by atoms with Crippen molar-refractivity contribution in [3.05, 3.63) is 12.3 Å². The molecule has 3 heteroatoms. The molecule has 0 N–H and O–H groups in total. The van der Waals surface area contributed by atoms with Crippen LogP contribution in [0.25, 0.3) is 0 Å². The number of rotatable bonds is 4. The van der Waals surface area contributed by atoms with Crippen LogP contribution >= 0.6 is 0 Å². The Kier molecular flexibility index (Phi) is 4.82. The Bertz CT molecular complexity index is 232. The zero-order chi connectivity index (χ0) is 11.3. The molecule has 15 heavy (non-hydrogen) atoms. The van der Waals surface area contributed by atoms with Gasteiger partial charge in [-0.15, -0.1) is 0 Å². The Hall–Kier alpha value is -0.830. The number of hydrogen-bond acceptors (Lipinski definition) is 2. The fourth-order valence-corrected chi connectivity index (χ4v) is 1.83. The Morgan fingerprint density at radius 3 is 2.47 bits per heavy atom. The van der Waals surface area contributed by atoms with Gasteiger partial charge in [-0.05, 0) is 32.4 Å². The van der Waals surface area contributed by atoms with Gasteiger partial charge in [-0.25, -0.2) is 0 Å². The van der Waals surface area contributed by atoms with E-state index in [1.54, 1.807) is 4.90 Å². The van der Waals surface area contributed by atoms with Crippen LogP contribution in [0, 0.1) is 0 Å². The van der Waals surface area contributed by atoms with Gasteiger partial charge in [0.25, 0.3) is 0 Å². The maximum absolute atomic E-state index is 11.8. The van der Waals surface area contributed by atoms with Crippen molar-refractivity contribution < 1.29 is 4.79 Å². The molecule has 1 fully saturated rings. The Morgan fingerprint density at radius 2 is 1.93 bits per heavy atom. The fraction of sp³-hybridized carbons (Fsp3) is 0.750. The molecule has 0 saturated carbocycles. The third-order valence-electron chi connectivity index (χ3n) is 3.06. The average molecular weight is 210 g/mol. The molecule has 1 amide bonds. The molecular weight excluding hydrogens is 188 g/mol. The van der Waals surface area contributed by atoms with E-state index in [0.717, 1.165) is 25.2 Å². The third-order valence-corrected chi connectivity index (χ3v) is 3.06. The van der Waals surface area contributed by atoms with Crippen LogP contribution in [-0.4, -0.2) is 42.4 Å². The molecule has 1 saturated heterocycles. The van der Waals surface area contributed by atoms with Crippen LogP contribution in [0.4, 0.5) is 0 Å². The van der Waals surface area contributed by atoms with Crippen molar-refractivity contribution in [1.82, 2.24) is 9.80 Å². The Morgan fingerprint density at radius 1 is 1.33 bits per heavy atom. The van der Waals surface area contributed by atoms with Crippen molar-refractivity contribution in [3.63, 3.8) is 0 Å². The summed E-state index contributed by atoms with van der Waals surface area (Å²) in [6, 6.07) is 0. The zero-order valence-corrected chi connectivity index (χ0v) is 9.96. The van der Waals surface area contributed by atoms with E-state index in [4.69, 9.17) is 0 Å². The molecule has 0 aromatic rings. The fourth-order valence-electron chi connectivity index (χ4n) is 1.83. The molecule has 0 aliphatic carbocycles. The molecule has 0 aromatic carbocycles. The van der Waals surface area contributed by atoms with Crippen LogP contribution in [0.3, 0.4) is 0 Å². The second kappa shape index (κ2) is 5.91. The van der Waals surface area contributed by atoms with Gasteiger partial charge in [-0.3, -0.25) is 9.69 Å². The van der Waals surface area contributed by atoms with E-state index >= 15 is 0 Å². The molecular formula is C12H22N2O. The molecule has 0 spiro atoms. The summed E-state index contributed by atoms with van der Waals surface area (Å²) in [5, 5.41) is 0. The molecule has 86 valence electrons. The monoisotopic (exact) mass is 210 g/mol. The number of nitrogens with zero attached hydrogens (tertiary/aromatic N) is 2. The molecule has 0 radical (unpaired) electrons. The number of piperidine rings is 1. The standard InChI is InChI=1S/C12H22N2O/c1-4-11(2)13(3)12(15)10-14-8-6-5-7-9-14/h2,4-10H2,1,3H3. The van der Waals surface area contributed by atoms with Crippen molar-refractivity contribution >= 4 is 5.91 Å². The summed E-state index contributed by atoms with van der Waals surface area (Å²) in [7, 11) is 1.82. The molecule has 1 rings (SSSR count).